The van der Waals surface area contributed by atoms with E-state index in [0.717, 1.165) is 29.4 Å². The van der Waals surface area contributed by atoms with Gasteiger partial charge in [0.2, 0.25) is 0 Å². The van der Waals surface area contributed by atoms with Gasteiger partial charge < -0.3 is 16.9 Å². The Morgan fingerprint density at radius 3 is 2.57 bits per heavy atom. The molecule has 6 N–H and O–H groups in total. The predicted molar refractivity (Wildman–Crippen MR) is 101 cm³/mol. The fraction of sp³-hybridized carbons (Fsp3) is 0.316. The second-order valence-corrected chi connectivity index (χ2v) is 6.89. The number of nitrogens with one attached hydrogen (secondary N) is 2. The van der Waals surface area contributed by atoms with Crippen molar-refractivity contribution in [3.8, 4) is 11.3 Å². The molecule has 1 aromatic carbocycles. The molecule has 4 rings (SSSR count). The van der Waals surface area contributed by atoms with E-state index in [1.807, 2.05) is 0 Å². The first kappa shape index (κ1) is 18.4. The molecule has 2 heterocycles. The average molecular weight is 388 g/mol. The number of anilines is 1. The van der Waals surface area contributed by atoms with Gasteiger partial charge in [0, 0.05) is 23.2 Å². The lowest BCUT2D eigenvalue weighted by atomic mass is 9.84. The minimum Gasteiger partial charge on any atom is -0.398 e. The van der Waals surface area contributed by atoms with Crippen molar-refractivity contribution in [3.05, 3.63) is 40.7 Å². The maximum atomic E-state index is 13.4. The number of aromatic amines is 1. The molecule has 28 heavy (non-hydrogen) atoms. The maximum absolute atomic E-state index is 13.4. The van der Waals surface area contributed by atoms with Crippen LogP contribution in [0.5, 0.6) is 0 Å². The number of nitrogens with zero attached hydrogens (tertiary/aromatic N) is 2. The van der Waals surface area contributed by atoms with E-state index in [1.54, 1.807) is 12.1 Å². The molecule has 9 heteroatoms. The number of rotatable bonds is 3. The Kier molecular flexibility index (Phi) is 4.34. The Morgan fingerprint density at radius 1 is 1.18 bits per heavy atom. The topological polar surface area (TPSA) is 117 Å². The summed E-state index contributed by atoms with van der Waals surface area (Å²) in [4.78, 5) is 4.57. The first-order valence-electron chi connectivity index (χ1n) is 8.95. The Balaban J connectivity index is 2.08. The molecular weight excluding hydrogens is 369 g/mol. The van der Waals surface area contributed by atoms with Crippen LogP contribution in [0.2, 0.25) is 0 Å². The highest BCUT2D eigenvalue weighted by molar-refractivity contribution is 6.15. The molecule has 0 aliphatic heterocycles. The van der Waals surface area contributed by atoms with Gasteiger partial charge in [-0.3, -0.25) is 5.10 Å². The zero-order chi connectivity index (χ0) is 20.1. The van der Waals surface area contributed by atoms with Gasteiger partial charge in [0.05, 0.1) is 28.7 Å². The summed E-state index contributed by atoms with van der Waals surface area (Å²) in [6, 6.07) is 3.30. The van der Waals surface area contributed by atoms with Crippen molar-refractivity contribution < 1.29 is 13.2 Å². The largest absolute Gasteiger partial charge is 0.433 e. The minimum absolute atomic E-state index is 0.0137. The van der Waals surface area contributed by atoms with Crippen LogP contribution in [0.15, 0.2) is 18.3 Å². The zero-order valence-electron chi connectivity index (χ0n) is 15.0. The minimum atomic E-state index is -4.56. The number of alkyl halides is 3. The quantitative estimate of drug-likeness (QED) is 0.406. The molecule has 2 aromatic heterocycles. The molecular formula is C19H19F3N6. The lowest BCUT2D eigenvalue weighted by Gasteiger charge is -2.23. The number of nitrogen functional groups attached to an aromatic ring is 1. The molecule has 6 nitrogen and oxygen atoms in total. The lowest BCUT2D eigenvalue weighted by Crippen LogP contribution is -2.18. The van der Waals surface area contributed by atoms with Gasteiger partial charge in [-0.1, -0.05) is 0 Å². The van der Waals surface area contributed by atoms with Crippen molar-refractivity contribution in [2.45, 2.75) is 31.9 Å². The van der Waals surface area contributed by atoms with E-state index in [2.05, 4.69) is 15.2 Å². The predicted octanol–water partition coefficient (Wildman–Crippen LogP) is 3.43. The Morgan fingerprint density at radius 2 is 1.89 bits per heavy atom. The third kappa shape index (κ3) is 2.82. The van der Waals surface area contributed by atoms with Crippen LogP contribution in [0.1, 0.15) is 35.2 Å². The van der Waals surface area contributed by atoms with Crippen molar-refractivity contribution in [3.63, 3.8) is 0 Å². The van der Waals surface area contributed by atoms with E-state index < -0.39 is 11.9 Å². The van der Waals surface area contributed by atoms with Gasteiger partial charge in [-0.05, 0) is 48.9 Å². The average Bonchev–Trinajstić information content (AvgIpc) is 3.17. The molecule has 3 aromatic rings. The van der Waals surface area contributed by atoms with Crippen LogP contribution in [0.3, 0.4) is 0 Å². The van der Waals surface area contributed by atoms with Gasteiger partial charge in [0.25, 0.3) is 0 Å². The molecule has 1 aliphatic rings. The molecule has 0 spiro atoms. The molecule has 146 valence electrons. The molecule has 0 amide bonds. The Bertz CT molecular complexity index is 1080. The smallest absolute Gasteiger partial charge is 0.398 e. The number of nitrogens with two attached hydrogens (primary N) is 2. The highest BCUT2D eigenvalue weighted by Crippen LogP contribution is 2.41. The van der Waals surface area contributed by atoms with Crippen LogP contribution in [0, 0.1) is 5.41 Å². The van der Waals surface area contributed by atoms with E-state index in [9.17, 15) is 13.2 Å². The summed E-state index contributed by atoms with van der Waals surface area (Å²) in [5.74, 6) is 0. The van der Waals surface area contributed by atoms with Crippen molar-refractivity contribution in [1.82, 2.24) is 15.2 Å². The number of aromatic nitrogens is 3. The number of pyridine rings is 1. The third-order valence-electron chi connectivity index (χ3n) is 5.19. The van der Waals surface area contributed by atoms with Gasteiger partial charge in [0.1, 0.15) is 5.69 Å². The van der Waals surface area contributed by atoms with Crippen molar-refractivity contribution in [2.24, 2.45) is 5.73 Å². The highest BCUT2D eigenvalue weighted by atomic mass is 19.4. The molecule has 0 bridgehead atoms. The SMILES string of the molecule is N=C(CN)c1c(N)ccc2nc(-c3cn[nH]c3C(F)(F)F)c3c(c12)CCCC3. The second-order valence-electron chi connectivity index (χ2n) is 6.89. The molecule has 0 fully saturated rings. The fourth-order valence-electron chi connectivity index (χ4n) is 3.97. The molecule has 1 aliphatic carbocycles. The van der Waals surface area contributed by atoms with Crippen molar-refractivity contribution in [1.29, 1.82) is 5.41 Å². The number of H-pyrrole nitrogens is 1. The third-order valence-corrected chi connectivity index (χ3v) is 5.19. The monoisotopic (exact) mass is 388 g/mol. The molecule has 0 saturated carbocycles. The van der Waals surface area contributed by atoms with Gasteiger partial charge in [-0.25, -0.2) is 4.98 Å². The summed E-state index contributed by atoms with van der Waals surface area (Å²) >= 11 is 0. The van der Waals surface area contributed by atoms with E-state index >= 15 is 0 Å². The summed E-state index contributed by atoms with van der Waals surface area (Å²) in [5.41, 5.74) is 14.4. The number of fused-ring (bicyclic) bond motifs is 3. The van der Waals surface area contributed by atoms with E-state index in [0.29, 0.717) is 35.3 Å². The summed E-state index contributed by atoms with van der Waals surface area (Å²) < 4.78 is 40.3. The number of hydrogen-bond acceptors (Lipinski definition) is 5. The van der Waals surface area contributed by atoms with E-state index in [-0.39, 0.29) is 17.8 Å². The zero-order valence-corrected chi connectivity index (χ0v) is 15.0. The number of halogens is 3. The lowest BCUT2D eigenvalue weighted by molar-refractivity contribution is -0.140. The van der Waals surface area contributed by atoms with Crippen LogP contribution >= 0.6 is 0 Å². The van der Waals surface area contributed by atoms with Gasteiger partial charge in [-0.15, -0.1) is 0 Å². The maximum Gasteiger partial charge on any atom is 0.433 e. The molecule has 0 unspecified atom stereocenters. The number of aryl methyl sites for hydroxylation is 1. The first-order valence-corrected chi connectivity index (χ1v) is 8.95. The van der Waals surface area contributed by atoms with Gasteiger partial charge in [0.15, 0.2) is 0 Å². The first-order chi connectivity index (χ1) is 13.3. The Labute approximate surface area is 158 Å². The van der Waals surface area contributed by atoms with Crippen LogP contribution in [0.25, 0.3) is 22.2 Å². The van der Waals surface area contributed by atoms with Gasteiger partial charge >= 0.3 is 6.18 Å². The van der Waals surface area contributed by atoms with E-state index in [1.165, 1.54) is 6.20 Å². The Hall–Kier alpha value is -2.94. The van der Waals surface area contributed by atoms with Crippen LogP contribution in [0.4, 0.5) is 18.9 Å². The van der Waals surface area contributed by atoms with Crippen LogP contribution in [-0.2, 0) is 19.0 Å². The van der Waals surface area contributed by atoms with Crippen molar-refractivity contribution in [2.75, 3.05) is 12.3 Å². The summed E-state index contributed by atoms with van der Waals surface area (Å²) in [7, 11) is 0. The summed E-state index contributed by atoms with van der Waals surface area (Å²) in [5, 5.41) is 14.6. The molecule has 0 atom stereocenters. The van der Waals surface area contributed by atoms with Crippen LogP contribution in [-0.4, -0.2) is 27.4 Å². The van der Waals surface area contributed by atoms with Crippen LogP contribution < -0.4 is 11.5 Å². The van der Waals surface area contributed by atoms with Crippen molar-refractivity contribution >= 4 is 22.3 Å². The summed E-state index contributed by atoms with van der Waals surface area (Å²) in [6.45, 7) is 0.0137. The van der Waals surface area contributed by atoms with Gasteiger partial charge in [-0.2, -0.15) is 18.3 Å². The number of hydrogen-bond donors (Lipinski definition) is 4. The second kappa shape index (κ2) is 6.59. The fourth-order valence-corrected chi connectivity index (χ4v) is 3.97. The normalized spacial score (nSPS) is 14.3. The van der Waals surface area contributed by atoms with E-state index in [4.69, 9.17) is 16.9 Å². The summed E-state index contributed by atoms with van der Waals surface area (Å²) in [6.07, 6.45) is -0.315. The molecule has 0 radical (unpaired) electrons. The number of benzene rings is 1. The molecule has 0 saturated heterocycles. The standard InChI is InChI=1S/C19H19F3N6/c20-19(21,22)18-11(8-26-28-18)17-10-4-2-1-3-9(10)15-14(27-17)6-5-12(24)16(15)13(25)7-23/h5-6,8,25H,1-4,7,23-24H2,(H,26,28). The highest BCUT2D eigenvalue weighted by Gasteiger charge is 2.37.